The number of nitrogen functional groups attached to an aromatic ring is 1. The number of fused-ring (bicyclic) bond motifs is 4. The van der Waals surface area contributed by atoms with E-state index in [2.05, 4.69) is 5.32 Å². The van der Waals surface area contributed by atoms with Crippen LogP contribution in [0.2, 0.25) is 0 Å². The van der Waals surface area contributed by atoms with E-state index in [0.29, 0.717) is 27.9 Å². The van der Waals surface area contributed by atoms with E-state index in [9.17, 15) is 9.59 Å². The number of ketones is 2. The predicted molar refractivity (Wildman–Crippen MR) is 86.7 cm³/mol. The number of carbonyl (C=O) groups excluding carboxylic acids is 2. The molecule has 0 unspecified atom stereocenters. The molecule has 1 aliphatic heterocycles. The zero-order valence-corrected chi connectivity index (χ0v) is 12.9. The Morgan fingerprint density at radius 3 is 2.35 bits per heavy atom. The Morgan fingerprint density at radius 1 is 1.09 bits per heavy atom. The van der Waals surface area contributed by atoms with Crippen molar-refractivity contribution in [3.05, 3.63) is 58.1 Å². The van der Waals surface area contributed by atoms with Crippen molar-refractivity contribution in [2.75, 3.05) is 11.1 Å². The molecule has 0 radical (unpaired) electrons. The molecule has 1 heterocycles. The van der Waals surface area contributed by atoms with Gasteiger partial charge in [0.2, 0.25) is 0 Å². The van der Waals surface area contributed by atoms with Gasteiger partial charge in [-0.2, -0.15) is 0 Å². The first-order valence-corrected chi connectivity index (χ1v) is 7.45. The minimum Gasteiger partial charge on any atom is -0.398 e. The summed E-state index contributed by atoms with van der Waals surface area (Å²) in [5.41, 5.74) is 8.80. The van der Waals surface area contributed by atoms with Crippen LogP contribution in [0, 0.1) is 0 Å². The third kappa shape index (κ3) is 1.90. The molecule has 5 nitrogen and oxygen atoms in total. The predicted octanol–water partition coefficient (Wildman–Crippen LogP) is 2.72. The van der Waals surface area contributed by atoms with Crippen LogP contribution >= 0.6 is 0 Å². The lowest BCUT2D eigenvalue weighted by Gasteiger charge is -2.36. The van der Waals surface area contributed by atoms with Gasteiger partial charge in [-0.3, -0.25) is 9.59 Å². The molecule has 0 saturated heterocycles. The number of nitrogens with one attached hydrogen (secondary N) is 1. The smallest absolute Gasteiger partial charge is 0.196 e. The van der Waals surface area contributed by atoms with Gasteiger partial charge >= 0.3 is 0 Å². The van der Waals surface area contributed by atoms with Crippen LogP contribution < -0.4 is 11.1 Å². The Labute approximate surface area is 133 Å². The minimum atomic E-state index is -0.548. The van der Waals surface area contributed by atoms with Crippen molar-refractivity contribution < 1.29 is 14.3 Å². The summed E-state index contributed by atoms with van der Waals surface area (Å²) in [7, 11) is 0. The summed E-state index contributed by atoms with van der Waals surface area (Å²) < 4.78 is 5.75. The molecule has 1 aliphatic carbocycles. The molecule has 0 aromatic heterocycles. The molecule has 2 aromatic carbocycles. The Balaban J connectivity index is 2.01. The number of hydrogen-bond acceptors (Lipinski definition) is 5. The van der Waals surface area contributed by atoms with E-state index < -0.39 is 5.72 Å². The molecule has 4 rings (SSSR count). The lowest BCUT2D eigenvalue weighted by molar-refractivity contribution is -0.0156. The highest BCUT2D eigenvalue weighted by Gasteiger charge is 2.37. The van der Waals surface area contributed by atoms with Gasteiger partial charge in [-0.15, -0.1) is 0 Å². The number of ether oxygens (including phenoxy) is 1. The van der Waals surface area contributed by atoms with Gasteiger partial charge < -0.3 is 15.8 Å². The van der Waals surface area contributed by atoms with Crippen LogP contribution in [0.25, 0.3) is 0 Å². The largest absolute Gasteiger partial charge is 0.398 e. The SMILES string of the molecule is CC1(C)Nc2cc(N)c3c(c2CO1)C(=O)c1ccccc1C3=O. The second-order valence-corrected chi connectivity index (χ2v) is 6.37. The van der Waals surface area contributed by atoms with Gasteiger partial charge in [0.05, 0.1) is 12.2 Å². The fourth-order valence-corrected chi connectivity index (χ4v) is 3.26. The third-order valence-electron chi connectivity index (χ3n) is 4.35. The topological polar surface area (TPSA) is 81.4 Å². The van der Waals surface area contributed by atoms with Crippen LogP contribution in [0.1, 0.15) is 51.3 Å². The maximum atomic E-state index is 12.9. The summed E-state index contributed by atoms with van der Waals surface area (Å²) in [5, 5.41) is 3.22. The number of nitrogens with two attached hydrogens (primary N) is 1. The summed E-state index contributed by atoms with van der Waals surface area (Å²) in [6.45, 7) is 4.06. The van der Waals surface area contributed by atoms with Crippen LogP contribution in [0.3, 0.4) is 0 Å². The van der Waals surface area contributed by atoms with E-state index in [0.717, 1.165) is 5.69 Å². The van der Waals surface area contributed by atoms with Gasteiger partial charge in [-0.25, -0.2) is 0 Å². The number of rotatable bonds is 0. The lowest BCUT2D eigenvalue weighted by atomic mass is 9.80. The second kappa shape index (κ2) is 4.43. The summed E-state index contributed by atoms with van der Waals surface area (Å²) >= 11 is 0. The van der Waals surface area contributed by atoms with Crippen molar-refractivity contribution >= 4 is 22.9 Å². The van der Waals surface area contributed by atoms with Crippen molar-refractivity contribution in [3.63, 3.8) is 0 Å². The van der Waals surface area contributed by atoms with Crippen molar-refractivity contribution in [3.8, 4) is 0 Å². The van der Waals surface area contributed by atoms with Gasteiger partial charge in [0.25, 0.3) is 0 Å². The molecule has 3 N–H and O–H groups in total. The van der Waals surface area contributed by atoms with Crippen LogP contribution in [-0.4, -0.2) is 17.3 Å². The molecular formula is C18H16N2O3. The standard InChI is InChI=1S/C18H16N2O3/c1-18(2)20-13-7-12(19)15-14(11(13)8-23-18)16(21)9-5-3-4-6-10(9)17(15)22/h3-7,20H,8,19H2,1-2H3. The van der Waals surface area contributed by atoms with Gasteiger partial charge in [0.15, 0.2) is 11.6 Å². The number of anilines is 2. The fourth-order valence-electron chi connectivity index (χ4n) is 3.26. The van der Waals surface area contributed by atoms with Crippen molar-refractivity contribution in [2.24, 2.45) is 0 Å². The van der Waals surface area contributed by atoms with Crippen LogP contribution in [-0.2, 0) is 11.3 Å². The highest BCUT2D eigenvalue weighted by atomic mass is 16.5. The van der Waals surface area contributed by atoms with E-state index in [1.54, 1.807) is 30.3 Å². The molecule has 0 bridgehead atoms. The molecule has 0 saturated carbocycles. The molecule has 116 valence electrons. The molecule has 0 fully saturated rings. The number of benzene rings is 2. The first-order chi connectivity index (χ1) is 10.9. The van der Waals surface area contributed by atoms with Gasteiger partial charge in [-0.1, -0.05) is 24.3 Å². The number of hydrogen-bond donors (Lipinski definition) is 2. The minimum absolute atomic E-state index is 0.177. The molecule has 23 heavy (non-hydrogen) atoms. The van der Waals surface area contributed by atoms with Gasteiger partial charge in [-0.05, 0) is 19.9 Å². The van der Waals surface area contributed by atoms with Crippen LogP contribution in [0.5, 0.6) is 0 Å². The average Bonchev–Trinajstić information content (AvgIpc) is 2.50. The Kier molecular flexibility index (Phi) is 2.69. The van der Waals surface area contributed by atoms with E-state index >= 15 is 0 Å². The normalized spacial score (nSPS) is 17.8. The molecule has 2 aromatic rings. The Hall–Kier alpha value is -2.66. The molecule has 2 aliphatic rings. The van der Waals surface area contributed by atoms with Gasteiger partial charge in [0, 0.05) is 33.6 Å². The zero-order chi connectivity index (χ0) is 16.4. The Bertz CT molecular complexity index is 884. The second-order valence-electron chi connectivity index (χ2n) is 6.37. The molecule has 0 amide bonds. The van der Waals surface area contributed by atoms with Crippen LogP contribution in [0.15, 0.2) is 30.3 Å². The fraction of sp³-hybridized carbons (Fsp3) is 0.222. The summed E-state index contributed by atoms with van der Waals surface area (Å²) in [6, 6.07) is 8.56. The maximum absolute atomic E-state index is 12.9. The first kappa shape index (κ1) is 14.0. The van der Waals surface area contributed by atoms with Gasteiger partial charge in [0.1, 0.15) is 5.72 Å². The van der Waals surface area contributed by atoms with E-state index in [1.165, 1.54) is 0 Å². The highest BCUT2D eigenvalue weighted by Crippen LogP contribution is 2.40. The van der Waals surface area contributed by atoms with Crippen molar-refractivity contribution in [2.45, 2.75) is 26.2 Å². The lowest BCUT2D eigenvalue weighted by Crippen LogP contribution is -2.39. The summed E-state index contributed by atoms with van der Waals surface area (Å²) in [4.78, 5) is 25.7. The summed E-state index contributed by atoms with van der Waals surface area (Å²) in [5.74, 6) is -0.385. The maximum Gasteiger partial charge on any atom is 0.196 e. The molecule has 5 heteroatoms. The Morgan fingerprint density at radius 2 is 1.70 bits per heavy atom. The monoisotopic (exact) mass is 308 g/mol. The number of carbonyl (C=O) groups is 2. The van der Waals surface area contributed by atoms with Crippen molar-refractivity contribution in [1.82, 2.24) is 0 Å². The quantitative estimate of drug-likeness (QED) is 0.624. The summed E-state index contributed by atoms with van der Waals surface area (Å²) in [6.07, 6.45) is 0. The molecule has 0 atom stereocenters. The van der Waals surface area contributed by atoms with E-state index in [1.807, 2.05) is 13.8 Å². The molecule has 0 spiro atoms. The van der Waals surface area contributed by atoms with E-state index in [4.69, 9.17) is 10.5 Å². The van der Waals surface area contributed by atoms with Crippen molar-refractivity contribution in [1.29, 1.82) is 0 Å². The zero-order valence-electron chi connectivity index (χ0n) is 12.9. The van der Waals surface area contributed by atoms with E-state index in [-0.39, 0.29) is 23.7 Å². The average molecular weight is 308 g/mol. The highest BCUT2D eigenvalue weighted by molar-refractivity contribution is 6.31. The third-order valence-corrected chi connectivity index (χ3v) is 4.35. The van der Waals surface area contributed by atoms with Crippen LogP contribution in [0.4, 0.5) is 11.4 Å². The first-order valence-electron chi connectivity index (χ1n) is 7.45. The molecular weight excluding hydrogens is 292 g/mol.